The lowest BCUT2D eigenvalue weighted by atomic mass is 10.0. The van der Waals surface area contributed by atoms with E-state index in [0.29, 0.717) is 11.9 Å². The highest BCUT2D eigenvalue weighted by Crippen LogP contribution is 2.46. The number of hydrogen-bond acceptors (Lipinski definition) is 4. The van der Waals surface area contributed by atoms with Crippen LogP contribution in [-0.4, -0.2) is 19.7 Å². The van der Waals surface area contributed by atoms with Crippen molar-refractivity contribution in [2.45, 2.75) is 32.6 Å². The summed E-state index contributed by atoms with van der Waals surface area (Å²) in [5.74, 6) is 0.974. The molecule has 0 amide bonds. The third-order valence-electron chi connectivity index (χ3n) is 3.61. The number of nitrogens with zero attached hydrogens (tertiary/aromatic N) is 4. The molecule has 1 atom stereocenters. The number of aryl methyl sites for hydroxylation is 1. The van der Waals surface area contributed by atoms with Crippen molar-refractivity contribution in [2.75, 3.05) is 5.73 Å². The Bertz CT molecular complexity index is 627. The second kappa shape index (κ2) is 3.54. The zero-order valence-corrected chi connectivity index (χ0v) is 11.1. The molecule has 1 aliphatic carbocycles. The summed E-state index contributed by atoms with van der Waals surface area (Å²) in [6.07, 6.45) is 1.83. The van der Waals surface area contributed by atoms with Crippen molar-refractivity contribution in [1.29, 1.82) is 0 Å². The minimum Gasteiger partial charge on any atom is -0.368 e. The summed E-state index contributed by atoms with van der Waals surface area (Å²) < 4.78 is 1.97. The van der Waals surface area contributed by atoms with E-state index in [-0.39, 0.29) is 5.92 Å². The van der Waals surface area contributed by atoms with Gasteiger partial charge in [0.1, 0.15) is 0 Å². The number of aromatic nitrogens is 4. The van der Waals surface area contributed by atoms with Crippen LogP contribution in [0.1, 0.15) is 49.6 Å². The van der Waals surface area contributed by atoms with Crippen LogP contribution in [0.2, 0.25) is 0 Å². The Balaban J connectivity index is 2.34. The van der Waals surface area contributed by atoms with Gasteiger partial charge in [-0.2, -0.15) is 5.10 Å². The molecule has 0 saturated heterocycles. The number of nitrogens with two attached hydrogens (primary N) is 1. The van der Waals surface area contributed by atoms with Crippen molar-refractivity contribution in [3.63, 3.8) is 0 Å². The first-order valence-corrected chi connectivity index (χ1v) is 6.20. The van der Waals surface area contributed by atoms with Crippen molar-refractivity contribution in [1.82, 2.24) is 19.7 Å². The van der Waals surface area contributed by atoms with Crippen molar-refractivity contribution < 1.29 is 0 Å². The van der Waals surface area contributed by atoms with Gasteiger partial charge in [-0.05, 0) is 5.92 Å². The maximum absolute atomic E-state index is 5.72. The molecule has 5 heteroatoms. The molecule has 2 aromatic rings. The number of anilines is 1. The molecule has 0 aromatic carbocycles. The van der Waals surface area contributed by atoms with Crippen molar-refractivity contribution in [3.8, 4) is 11.3 Å². The lowest BCUT2D eigenvalue weighted by Gasteiger charge is -2.10. The van der Waals surface area contributed by atoms with Gasteiger partial charge in [-0.3, -0.25) is 4.68 Å². The van der Waals surface area contributed by atoms with Gasteiger partial charge >= 0.3 is 0 Å². The van der Waals surface area contributed by atoms with Crippen LogP contribution in [0.4, 0.5) is 5.95 Å². The Morgan fingerprint density at radius 1 is 1.39 bits per heavy atom. The molecule has 94 valence electrons. The van der Waals surface area contributed by atoms with Gasteiger partial charge in [0, 0.05) is 30.3 Å². The molecule has 0 saturated carbocycles. The van der Waals surface area contributed by atoms with E-state index >= 15 is 0 Å². The highest BCUT2D eigenvalue weighted by Gasteiger charge is 2.34. The summed E-state index contributed by atoms with van der Waals surface area (Å²) >= 11 is 0. The minimum absolute atomic E-state index is 0.245. The smallest absolute Gasteiger partial charge is 0.220 e. The number of hydrogen-bond donors (Lipinski definition) is 1. The zero-order chi connectivity index (χ0) is 13.0. The van der Waals surface area contributed by atoms with E-state index in [1.165, 1.54) is 5.69 Å². The molecule has 2 heterocycles. The summed E-state index contributed by atoms with van der Waals surface area (Å²) in [7, 11) is 1.99. The average molecular weight is 243 g/mol. The lowest BCUT2D eigenvalue weighted by molar-refractivity contribution is 0.654. The molecule has 2 N–H and O–H groups in total. The van der Waals surface area contributed by atoms with Gasteiger partial charge in [-0.25, -0.2) is 9.97 Å². The Hall–Kier alpha value is -1.91. The van der Waals surface area contributed by atoms with E-state index in [4.69, 9.17) is 5.73 Å². The maximum Gasteiger partial charge on any atom is 0.220 e. The molecule has 0 aliphatic heterocycles. The quantitative estimate of drug-likeness (QED) is 0.832. The first-order valence-electron chi connectivity index (χ1n) is 6.20. The largest absolute Gasteiger partial charge is 0.368 e. The predicted octanol–water partition coefficient (Wildman–Crippen LogP) is 2.05. The summed E-state index contributed by atoms with van der Waals surface area (Å²) in [5, 5.41) is 4.65. The second-order valence-electron chi connectivity index (χ2n) is 5.18. The fourth-order valence-corrected chi connectivity index (χ4v) is 2.84. The zero-order valence-electron chi connectivity index (χ0n) is 11.1. The van der Waals surface area contributed by atoms with Crippen molar-refractivity contribution in [3.05, 3.63) is 23.1 Å². The Morgan fingerprint density at radius 2 is 2.11 bits per heavy atom. The first kappa shape index (κ1) is 11.2. The Morgan fingerprint density at radius 3 is 2.78 bits per heavy atom. The molecule has 5 nitrogen and oxygen atoms in total. The standard InChI is InChI=1S/C13H17N5/c1-6(2)12-9-10(17-18(12)4)7(3)8-5-15-13(14)16-11(8)9/h5-7H,1-4H3,(H2,14,15,16). The molecule has 0 fully saturated rings. The maximum atomic E-state index is 5.72. The van der Waals surface area contributed by atoms with Gasteiger partial charge in [0.05, 0.1) is 17.1 Å². The predicted molar refractivity (Wildman–Crippen MR) is 70.3 cm³/mol. The fourth-order valence-electron chi connectivity index (χ4n) is 2.84. The fraction of sp³-hybridized carbons (Fsp3) is 0.462. The molecule has 18 heavy (non-hydrogen) atoms. The Labute approximate surface area is 106 Å². The molecule has 1 unspecified atom stereocenters. The van der Waals surface area contributed by atoms with Gasteiger partial charge in [0.2, 0.25) is 5.95 Å². The van der Waals surface area contributed by atoms with Crippen LogP contribution in [0.25, 0.3) is 11.3 Å². The van der Waals surface area contributed by atoms with Crippen LogP contribution in [-0.2, 0) is 7.05 Å². The van der Waals surface area contributed by atoms with Crippen LogP contribution in [0, 0.1) is 0 Å². The van der Waals surface area contributed by atoms with Crippen LogP contribution >= 0.6 is 0 Å². The minimum atomic E-state index is 0.245. The highest BCUT2D eigenvalue weighted by molar-refractivity contribution is 5.77. The van der Waals surface area contributed by atoms with Crippen LogP contribution in [0.3, 0.4) is 0 Å². The first-order chi connectivity index (χ1) is 8.50. The Kier molecular flexibility index (Phi) is 2.20. The number of rotatable bonds is 1. The molecule has 0 bridgehead atoms. The van der Waals surface area contributed by atoms with E-state index in [1.54, 1.807) is 0 Å². The SMILES string of the molecule is CC(C)c1c2c(nn1C)C(C)c1cnc(N)nc1-2. The number of nitrogen functional groups attached to an aromatic ring is 1. The second-order valence-corrected chi connectivity index (χ2v) is 5.18. The summed E-state index contributed by atoms with van der Waals surface area (Å²) in [4.78, 5) is 8.51. The number of fused-ring (bicyclic) bond motifs is 3. The molecule has 0 spiro atoms. The average Bonchev–Trinajstić information content (AvgIpc) is 2.76. The topological polar surface area (TPSA) is 69.6 Å². The van der Waals surface area contributed by atoms with Gasteiger partial charge in [-0.15, -0.1) is 0 Å². The summed E-state index contributed by atoms with van der Waals surface area (Å²) in [6, 6.07) is 0. The van der Waals surface area contributed by atoms with E-state index < -0.39 is 0 Å². The summed E-state index contributed by atoms with van der Waals surface area (Å²) in [6.45, 7) is 6.48. The molecule has 1 aliphatic rings. The lowest BCUT2D eigenvalue weighted by Crippen LogP contribution is -2.05. The molecule has 3 rings (SSSR count). The molecular formula is C13H17N5. The highest BCUT2D eigenvalue weighted by atomic mass is 15.3. The summed E-state index contributed by atoms with van der Waals surface area (Å²) in [5.41, 5.74) is 11.3. The van der Waals surface area contributed by atoms with Gasteiger partial charge in [0.25, 0.3) is 0 Å². The molecule has 0 radical (unpaired) electrons. The van der Waals surface area contributed by atoms with E-state index in [1.807, 2.05) is 17.9 Å². The van der Waals surface area contributed by atoms with Crippen LogP contribution < -0.4 is 5.73 Å². The van der Waals surface area contributed by atoms with E-state index in [9.17, 15) is 0 Å². The third kappa shape index (κ3) is 1.30. The van der Waals surface area contributed by atoms with Gasteiger partial charge < -0.3 is 5.73 Å². The van der Waals surface area contributed by atoms with Crippen molar-refractivity contribution in [2.24, 2.45) is 7.05 Å². The normalized spacial score (nSPS) is 17.1. The van der Waals surface area contributed by atoms with E-state index in [0.717, 1.165) is 22.5 Å². The molecule has 2 aromatic heterocycles. The monoisotopic (exact) mass is 243 g/mol. The third-order valence-corrected chi connectivity index (χ3v) is 3.61. The van der Waals surface area contributed by atoms with Gasteiger partial charge in [-0.1, -0.05) is 20.8 Å². The van der Waals surface area contributed by atoms with Crippen LogP contribution in [0.15, 0.2) is 6.20 Å². The van der Waals surface area contributed by atoms with E-state index in [2.05, 4.69) is 35.8 Å². The van der Waals surface area contributed by atoms with Gasteiger partial charge in [0.15, 0.2) is 0 Å². The van der Waals surface area contributed by atoms with Crippen molar-refractivity contribution >= 4 is 5.95 Å². The van der Waals surface area contributed by atoms with Crippen LogP contribution in [0.5, 0.6) is 0 Å². The molecular weight excluding hydrogens is 226 g/mol.